The Kier molecular flexibility index (Phi) is 6.64. The second-order valence-corrected chi connectivity index (χ2v) is 10.9. The predicted octanol–water partition coefficient (Wildman–Crippen LogP) is 2.32. The predicted molar refractivity (Wildman–Crippen MR) is 129 cm³/mol. The van der Waals surface area contributed by atoms with Crippen LogP contribution in [0.5, 0.6) is 0 Å². The number of anilines is 1. The van der Waals surface area contributed by atoms with Crippen molar-refractivity contribution in [1.29, 1.82) is 0 Å². The van der Waals surface area contributed by atoms with Crippen LogP contribution >= 0.6 is 57.5 Å². The van der Waals surface area contributed by atoms with Gasteiger partial charge in [0.05, 0.1) is 10.6 Å². The fraction of sp³-hybridized carbons (Fsp3) is 0.167. The third kappa shape index (κ3) is 4.18. The van der Waals surface area contributed by atoms with Crippen LogP contribution < -0.4 is 11.1 Å². The second-order valence-electron chi connectivity index (χ2n) is 6.51. The van der Waals surface area contributed by atoms with Gasteiger partial charge in [-0.15, -0.1) is 23.1 Å². The van der Waals surface area contributed by atoms with Gasteiger partial charge in [0.25, 0.3) is 5.91 Å². The first-order chi connectivity index (χ1) is 15.3. The molecular formula is C18H14IN5O5S3. The summed E-state index contributed by atoms with van der Waals surface area (Å²) >= 11 is 5.69. The number of oxime groups is 1. The number of fused-ring (bicyclic) bond motifs is 1. The van der Waals surface area contributed by atoms with Gasteiger partial charge in [-0.25, -0.2) is 9.78 Å². The molecule has 2 aliphatic rings. The van der Waals surface area contributed by atoms with Gasteiger partial charge >= 0.3 is 5.97 Å². The molecule has 1 unspecified atom stereocenters. The highest BCUT2D eigenvalue weighted by Crippen LogP contribution is 2.53. The molecule has 14 heteroatoms. The molecule has 3 atom stereocenters. The van der Waals surface area contributed by atoms with Crippen LogP contribution in [0.4, 0.5) is 5.13 Å². The lowest BCUT2D eigenvalue weighted by Gasteiger charge is -2.50. The number of thiazole rings is 1. The van der Waals surface area contributed by atoms with Crippen molar-refractivity contribution >= 4 is 86.6 Å². The number of β-lactam (4-membered cyclic amide) rings is 1. The van der Waals surface area contributed by atoms with E-state index in [4.69, 9.17) is 10.9 Å². The number of benzene rings is 1. The first kappa shape index (κ1) is 22.9. The molecule has 0 bridgehead atoms. The standard InChI is InChI=1S/C18H14IN5O5S3/c19-7-3-1-2-4-9(7)31-13-12(17(27)28)24-15(26)11(8-6-30-18(20)22-8)16(24)32-14(13)23-10(25)5-21-29/h1-6,11,14,16,29H,(H2,20,22)(H,23,25)(H,27,28)/t11-,14?,16+/m1/s1. The minimum atomic E-state index is -1.29. The van der Waals surface area contributed by atoms with Crippen LogP contribution in [-0.4, -0.2) is 54.9 Å². The van der Waals surface area contributed by atoms with Crippen molar-refractivity contribution in [2.24, 2.45) is 5.16 Å². The summed E-state index contributed by atoms with van der Waals surface area (Å²) < 4.78 is 0.882. The maximum atomic E-state index is 13.0. The maximum Gasteiger partial charge on any atom is 0.353 e. The topological polar surface area (TPSA) is 158 Å². The minimum Gasteiger partial charge on any atom is -0.477 e. The molecular weight excluding hydrogens is 589 g/mol. The molecule has 0 aliphatic carbocycles. The number of carboxylic acids is 1. The number of nitrogens with zero attached hydrogens (tertiary/aromatic N) is 3. The Morgan fingerprint density at radius 1 is 1.38 bits per heavy atom. The molecule has 0 spiro atoms. The summed E-state index contributed by atoms with van der Waals surface area (Å²) in [6.45, 7) is 0. The number of nitrogen functional groups attached to an aromatic ring is 1. The summed E-state index contributed by atoms with van der Waals surface area (Å²) in [5.41, 5.74) is 5.97. The van der Waals surface area contributed by atoms with Crippen LogP contribution in [0.1, 0.15) is 11.6 Å². The molecule has 5 N–H and O–H groups in total. The monoisotopic (exact) mass is 603 g/mol. The molecule has 32 heavy (non-hydrogen) atoms. The summed E-state index contributed by atoms with van der Waals surface area (Å²) in [5, 5.41) is 24.7. The van der Waals surface area contributed by atoms with Gasteiger partial charge in [-0.05, 0) is 34.7 Å². The van der Waals surface area contributed by atoms with Crippen LogP contribution in [0.15, 0.2) is 50.3 Å². The molecule has 1 fully saturated rings. The quantitative estimate of drug-likeness (QED) is 0.128. The number of carbonyl (C=O) groups is 3. The van der Waals surface area contributed by atoms with Crippen LogP contribution in [-0.2, 0) is 14.4 Å². The zero-order valence-corrected chi connectivity index (χ0v) is 20.4. The highest BCUT2D eigenvalue weighted by molar-refractivity contribution is 14.1. The largest absolute Gasteiger partial charge is 0.477 e. The van der Waals surface area contributed by atoms with E-state index >= 15 is 0 Å². The molecule has 4 rings (SSSR count). The van der Waals surface area contributed by atoms with Gasteiger partial charge in [0.15, 0.2) is 5.13 Å². The average molecular weight is 603 g/mol. The number of hydrogen-bond donors (Lipinski definition) is 4. The lowest BCUT2D eigenvalue weighted by molar-refractivity contribution is -0.148. The number of halogens is 1. The van der Waals surface area contributed by atoms with Crippen molar-refractivity contribution in [3.63, 3.8) is 0 Å². The van der Waals surface area contributed by atoms with E-state index in [0.717, 1.165) is 20.2 Å². The highest BCUT2D eigenvalue weighted by atomic mass is 127. The lowest BCUT2D eigenvalue weighted by Crippen LogP contribution is -2.62. The summed E-state index contributed by atoms with van der Waals surface area (Å²) in [6.07, 6.45) is 0.687. The van der Waals surface area contributed by atoms with Gasteiger partial charge in [0, 0.05) is 13.8 Å². The Morgan fingerprint density at radius 3 is 2.75 bits per heavy atom. The summed E-state index contributed by atoms with van der Waals surface area (Å²) in [4.78, 5) is 43.9. The fourth-order valence-electron chi connectivity index (χ4n) is 3.28. The maximum absolute atomic E-state index is 13.0. The zero-order valence-electron chi connectivity index (χ0n) is 15.8. The van der Waals surface area contributed by atoms with Gasteiger partial charge in [0.1, 0.15) is 28.6 Å². The third-order valence-electron chi connectivity index (χ3n) is 4.60. The number of nitrogens with one attached hydrogen (secondary N) is 1. The highest BCUT2D eigenvalue weighted by Gasteiger charge is 2.57. The summed E-state index contributed by atoms with van der Waals surface area (Å²) in [6, 6.07) is 7.35. The Hall–Kier alpha value is -2.30. The number of carbonyl (C=O) groups excluding carboxylic acids is 2. The van der Waals surface area contributed by atoms with Crippen molar-refractivity contribution in [1.82, 2.24) is 15.2 Å². The van der Waals surface area contributed by atoms with E-state index in [1.165, 1.54) is 28.0 Å². The Morgan fingerprint density at radius 2 is 2.12 bits per heavy atom. The lowest BCUT2D eigenvalue weighted by atomic mass is 9.93. The Bertz CT molecular complexity index is 1170. The van der Waals surface area contributed by atoms with Gasteiger partial charge in [-0.2, -0.15) is 0 Å². The molecule has 3 heterocycles. The number of hydrogen-bond acceptors (Lipinski definition) is 10. The van der Waals surface area contributed by atoms with Gasteiger partial charge in [-0.1, -0.05) is 29.1 Å². The zero-order chi connectivity index (χ0) is 23.0. The number of rotatable bonds is 6. The number of aliphatic carboxylic acids is 1. The van der Waals surface area contributed by atoms with Crippen LogP contribution in [0.25, 0.3) is 0 Å². The average Bonchev–Trinajstić information content (AvgIpc) is 3.15. The van der Waals surface area contributed by atoms with Crippen molar-refractivity contribution in [2.75, 3.05) is 5.73 Å². The van der Waals surface area contributed by atoms with Crippen LogP contribution in [0.2, 0.25) is 0 Å². The summed E-state index contributed by atoms with van der Waals surface area (Å²) in [5.74, 6) is -3.07. The van der Waals surface area contributed by atoms with Crippen LogP contribution in [0, 0.1) is 3.57 Å². The molecule has 1 aromatic carbocycles. The van der Waals surface area contributed by atoms with E-state index in [-0.39, 0.29) is 10.6 Å². The third-order valence-corrected chi connectivity index (χ3v) is 9.36. The van der Waals surface area contributed by atoms with E-state index in [9.17, 15) is 19.5 Å². The number of nitrogens with two attached hydrogens (primary N) is 1. The van der Waals surface area contributed by atoms with Gasteiger partial charge in [-0.3, -0.25) is 14.5 Å². The van der Waals surface area contributed by atoms with Gasteiger partial charge < -0.3 is 21.4 Å². The fourth-order valence-corrected chi connectivity index (χ4v) is 7.34. The molecule has 1 aromatic heterocycles. The molecule has 166 valence electrons. The normalized spacial score (nSPS) is 22.6. The van der Waals surface area contributed by atoms with Crippen LogP contribution in [0.3, 0.4) is 0 Å². The molecule has 0 saturated carbocycles. The molecule has 10 nitrogen and oxygen atoms in total. The Labute approximate surface area is 207 Å². The molecule has 1 saturated heterocycles. The SMILES string of the molecule is Nc1nc([C@@H]2C(=O)N3C(C(=O)O)=C(Sc4ccccc4I)C(NC(=O)C=NO)S[C@@H]23)cs1. The molecule has 2 aliphatic heterocycles. The van der Waals surface area contributed by atoms with Crippen molar-refractivity contribution < 1.29 is 24.7 Å². The van der Waals surface area contributed by atoms with E-state index in [1.807, 2.05) is 24.3 Å². The van der Waals surface area contributed by atoms with E-state index in [1.54, 1.807) is 5.38 Å². The van der Waals surface area contributed by atoms with E-state index < -0.39 is 34.4 Å². The van der Waals surface area contributed by atoms with E-state index in [2.05, 4.69) is 38.0 Å². The summed E-state index contributed by atoms with van der Waals surface area (Å²) in [7, 11) is 0. The molecule has 0 radical (unpaired) electrons. The molecule has 2 amide bonds. The second kappa shape index (κ2) is 9.29. The van der Waals surface area contributed by atoms with E-state index in [0.29, 0.717) is 17.0 Å². The number of carboxylic acid groups (broad SMARTS) is 1. The molecule has 2 aromatic rings. The first-order valence-electron chi connectivity index (χ1n) is 8.89. The Balaban J connectivity index is 1.78. The first-order valence-corrected chi connectivity index (χ1v) is 12.6. The number of aromatic nitrogens is 1. The smallest absolute Gasteiger partial charge is 0.353 e. The van der Waals surface area contributed by atoms with Gasteiger partial charge in [0.2, 0.25) is 5.91 Å². The number of thioether (sulfide) groups is 2. The minimum absolute atomic E-state index is 0.200. The van der Waals surface area contributed by atoms with Crippen molar-refractivity contribution in [3.05, 3.63) is 49.5 Å². The van der Waals surface area contributed by atoms with Crippen molar-refractivity contribution in [2.45, 2.75) is 21.6 Å². The number of amides is 2. The van der Waals surface area contributed by atoms with Crippen molar-refractivity contribution in [3.8, 4) is 0 Å².